The highest BCUT2D eigenvalue weighted by Gasteiger charge is 2.46. The lowest BCUT2D eigenvalue weighted by Crippen LogP contribution is -2.48. The summed E-state index contributed by atoms with van der Waals surface area (Å²) >= 11 is 0. The summed E-state index contributed by atoms with van der Waals surface area (Å²) in [6.07, 6.45) is 5.81. The minimum atomic E-state index is -0.271. The van der Waals surface area contributed by atoms with Crippen molar-refractivity contribution in [1.82, 2.24) is 10.1 Å². The third-order valence-corrected chi connectivity index (χ3v) is 5.24. The molecule has 6 heteroatoms. The fourth-order valence-corrected chi connectivity index (χ4v) is 4.05. The van der Waals surface area contributed by atoms with Gasteiger partial charge in [-0.05, 0) is 31.2 Å². The summed E-state index contributed by atoms with van der Waals surface area (Å²) in [5, 5.41) is 3.61. The smallest absolute Gasteiger partial charge is 0.410 e. The Labute approximate surface area is 145 Å². The number of piperidine rings is 1. The molecule has 2 saturated heterocycles. The summed E-state index contributed by atoms with van der Waals surface area (Å²) in [4.78, 5) is 26.9. The van der Waals surface area contributed by atoms with Crippen LogP contribution in [0, 0.1) is 5.92 Å². The lowest BCUT2D eigenvalue weighted by molar-refractivity contribution is 0.0485. The van der Waals surface area contributed by atoms with Gasteiger partial charge in [0, 0.05) is 18.0 Å². The fraction of sp³-hybridized carbons (Fsp3) is 0.421. The molecule has 2 aromatic rings. The Hall–Kier alpha value is -2.63. The quantitative estimate of drug-likeness (QED) is 0.797. The van der Waals surface area contributed by atoms with Crippen LogP contribution in [-0.4, -0.2) is 34.0 Å². The van der Waals surface area contributed by atoms with Crippen LogP contribution in [0.2, 0.25) is 0 Å². The molecule has 3 heterocycles. The van der Waals surface area contributed by atoms with E-state index >= 15 is 0 Å². The predicted molar refractivity (Wildman–Crippen MR) is 88.8 cm³/mol. The second-order valence-corrected chi connectivity index (χ2v) is 6.78. The van der Waals surface area contributed by atoms with Crippen LogP contribution in [0.5, 0.6) is 0 Å². The van der Waals surface area contributed by atoms with Gasteiger partial charge in [-0.1, -0.05) is 35.5 Å². The molecule has 2 unspecified atom stereocenters. The first kappa shape index (κ1) is 15.9. The van der Waals surface area contributed by atoms with Gasteiger partial charge >= 0.3 is 6.09 Å². The third kappa shape index (κ3) is 3.16. The molecule has 0 N–H and O–H groups in total. The number of Topliss-reactive ketones (excluding diaryl/α,β-unsaturated/α-hetero) is 1. The zero-order valence-corrected chi connectivity index (χ0v) is 13.8. The van der Waals surface area contributed by atoms with Gasteiger partial charge in [-0.25, -0.2) is 4.79 Å². The molecular weight excluding hydrogens is 320 g/mol. The number of aromatic nitrogens is 1. The second kappa shape index (κ2) is 6.70. The lowest BCUT2D eigenvalue weighted by Gasteiger charge is -2.37. The van der Waals surface area contributed by atoms with Crippen LogP contribution < -0.4 is 0 Å². The summed E-state index contributed by atoms with van der Waals surface area (Å²) in [5.41, 5.74) is 1.49. The van der Waals surface area contributed by atoms with Gasteiger partial charge in [0.25, 0.3) is 0 Å². The Kier molecular flexibility index (Phi) is 4.26. The number of benzene rings is 1. The van der Waals surface area contributed by atoms with Crippen molar-refractivity contribution in [2.24, 2.45) is 5.92 Å². The van der Waals surface area contributed by atoms with Crippen LogP contribution in [0.4, 0.5) is 4.79 Å². The highest BCUT2D eigenvalue weighted by atomic mass is 16.6. The van der Waals surface area contributed by atoms with Crippen molar-refractivity contribution in [3.05, 3.63) is 53.9 Å². The molecule has 0 aliphatic carbocycles. The molecule has 1 aromatic carbocycles. The molecule has 130 valence electrons. The first-order chi connectivity index (χ1) is 12.2. The largest absolute Gasteiger partial charge is 0.445 e. The predicted octanol–water partition coefficient (Wildman–Crippen LogP) is 3.44. The molecular formula is C19H20N2O4. The molecule has 2 aliphatic heterocycles. The highest BCUT2D eigenvalue weighted by molar-refractivity contribution is 5.97. The van der Waals surface area contributed by atoms with E-state index < -0.39 is 0 Å². The molecule has 0 saturated carbocycles. The number of ketones is 1. The van der Waals surface area contributed by atoms with Crippen LogP contribution >= 0.6 is 0 Å². The Morgan fingerprint density at radius 3 is 2.52 bits per heavy atom. The summed E-state index contributed by atoms with van der Waals surface area (Å²) in [5.74, 6) is -0.00877. The maximum absolute atomic E-state index is 12.5. The van der Waals surface area contributed by atoms with E-state index in [0.29, 0.717) is 18.4 Å². The Balaban J connectivity index is 1.38. The SMILES string of the molecule is O=C(c1cnoc1)C1CC2CCC(C1)N2C(=O)OCc1ccccc1. The van der Waals surface area contributed by atoms with E-state index in [1.54, 1.807) is 0 Å². The number of carbonyl (C=O) groups is 2. The minimum absolute atomic E-state index is 0.0652. The van der Waals surface area contributed by atoms with Crippen molar-refractivity contribution >= 4 is 11.9 Å². The van der Waals surface area contributed by atoms with E-state index in [4.69, 9.17) is 9.26 Å². The van der Waals surface area contributed by atoms with Gasteiger partial charge in [-0.3, -0.25) is 4.79 Å². The minimum Gasteiger partial charge on any atom is -0.445 e. The number of amides is 1. The van der Waals surface area contributed by atoms with E-state index in [-0.39, 0.29) is 36.5 Å². The molecule has 1 amide bonds. The summed E-state index contributed by atoms with van der Waals surface area (Å²) in [6.45, 7) is 0.276. The lowest BCUT2D eigenvalue weighted by atomic mass is 9.86. The van der Waals surface area contributed by atoms with Gasteiger partial charge in [0.15, 0.2) is 5.78 Å². The number of hydrogen-bond acceptors (Lipinski definition) is 5. The van der Waals surface area contributed by atoms with Gasteiger partial charge < -0.3 is 14.2 Å². The molecule has 1 aromatic heterocycles. The standard InChI is InChI=1S/C19H20N2O4/c22-18(15-10-20-25-12-15)14-8-16-6-7-17(9-14)21(16)19(23)24-11-13-4-2-1-3-5-13/h1-5,10,12,14,16-17H,6-9,11H2. The van der Waals surface area contributed by atoms with Crippen molar-refractivity contribution < 1.29 is 18.8 Å². The first-order valence-electron chi connectivity index (χ1n) is 8.65. The number of rotatable bonds is 4. The number of carbonyl (C=O) groups excluding carboxylic acids is 2. The second-order valence-electron chi connectivity index (χ2n) is 6.78. The molecule has 2 atom stereocenters. The van der Waals surface area contributed by atoms with E-state index in [9.17, 15) is 9.59 Å². The maximum Gasteiger partial charge on any atom is 0.410 e. The number of nitrogens with zero attached hydrogens (tertiary/aromatic N) is 2. The van der Waals surface area contributed by atoms with E-state index in [1.807, 2.05) is 35.2 Å². The molecule has 4 rings (SSSR count). The fourth-order valence-electron chi connectivity index (χ4n) is 4.05. The van der Waals surface area contributed by atoms with Gasteiger partial charge in [0.2, 0.25) is 0 Å². The van der Waals surface area contributed by atoms with Crippen molar-refractivity contribution in [1.29, 1.82) is 0 Å². The van der Waals surface area contributed by atoms with Gasteiger partial charge in [-0.15, -0.1) is 0 Å². The van der Waals surface area contributed by atoms with Crippen molar-refractivity contribution in [2.45, 2.75) is 44.4 Å². The van der Waals surface area contributed by atoms with Crippen molar-refractivity contribution in [3.63, 3.8) is 0 Å². The summed E-state index contributed by atoms with van der Waals surface area (Å²) in [6, 6.07) is 9.82. The molecule has 25 heavy (non-hydrogen) atoms. The topological polar surface area (TPSA) is 72.6 Å². The normalized spacial score (nSPS) is 25.0. The monoisotopic (exact) mass is 340 g/mol. The van der Waals surface area contributed by atoms with E-state index in [2.05, 4.69) is 5.16 Å². The average molecular weight is 340 g/mol. The average Bonchev–Trinajstić information content (AvgIpc) is 3.26. The Morgan fingerprint density at radius 2 is 1.88 bits per heavy atom. The van der Waals surface area contributed by atoms with Gasteiger partial charge in [0.1, 0.15) is 12.9 Å². The van der Waals surface area contributed by atoms with Crippen LogP contribution in [0.3, 0.4) is 0 Å². The number of fused-ring (bicyclic) bond motifs is 2. The number of hydrogen-bond donors (Lipinski definition) is 0. The molecule has 2 aliphatic rings. The molecule has 0 radical (unpaired) electrons. The Bertz CT molecular complexity index is 730. The van der Waals surface area contributed by atoms with Crippen molar-refractivity contribution in [3.8, 4) is 0 Å². The maximum atomic E-state index is 12.5. The summed E-state index contributed by atoms with van der Waals surface area (Å²) < 4.78 is 10.3. The molecule has 6 nitrogen and oxygen atoms in total. The van der Waals surface area contributed by atoms with Gasteiger partial charge in [0.05, 0.1) is 11.8 Å². The molecule has 2 fully saturated rings. The van der Waals surface area contributed by atoms with Crippen LogP contribution in [0.25, 0.3) is 0 Å². The van der Waals surface area contributed by atoms with Crippen LogP contribution in [-0.2, 0) is 11.3 Å². The third-order valence-electron chi connectivity index (χ3n) is 5.24. The highest BCUT2D eigenvalue weighted by Crippen LogP contribution is 2.40. The van der Waals surface area contributed by atoms with Gasteiger partial charge in [-0.2, -0.15) is 0 Å². The first-order valence-corrected chi connectivity index (χ1v) is 8.65. The summed E-state index contributed by atoms with van der Waals surface area (Å²) in [7, 11) is 0. The van der Waals surface area contributed by atoms with E-state index in [0.717, 1.165) is 18.4 Å². The Morgan fingerprint density at radius 1 is 1.16 bits per heavy atom. The van der Waals surface area contributed by atoms with Crippen molar-refractivity contribution in [2.75, 3.05) is 0 Å². The zero-order valence-electron chi connectivity index (χ0n) is 13.8. The molecule has 2 bridgehead atoms. The van der Waals surface area contributed by atoms with E-state index in [1.165, 1.54) is 12.5 Å². The zero-order chi connectivity index (χ0) is 17.2. The van der Waals surface area contributed by atoms with Crippen LogP contribution in [0.15, 0.2) is 47.3 Å². The number of ether oxygens (including phenoxy) is 1. The molecule has 0 spiro atoms. The van der Waals surface area contributed by atoms with Crippen LogP contribution in [0.1, 0.15) is 41.6 Å².